The van der Waals surface area contributed by atoms with E-state index in [2.05, 4.69) is 9.97 Å². The molecular formula is C13H12N2O3. The Labute approximate surface area is 104 Å². The molecule has 0 spiro atoms. The summed E-state index contributed by atoms with van der Waals surface area (Å²) in [6, 6.07) is 8.37. The Hall–Kier alpha value is -2.43. The molecule has 2 heterocycles. The van der Waals surface area contributed by atoms with Gasteiger partial charge in [0.1, 0.15) is 5.69 Å². The van der Waals surface area contributed by atoms with Crippen LogP contribution >= 0.6 is 0 Å². The predicted octanol–water partition coefficient (Wildman–Crippen LogP) is 2.24. The summed E-state index contributed by atoms with van der Waals surface area (Å²) in [6.45, 7) is 2.44. The lowest BCUT2D eigenvalue weighted by atomic mass is 10.2. The van der Waals surface area contributed by atoms with E-state index in [1.165, 1.54) is 6.07 Å². The van der Waals surface area contributed by atoms with Crippen molar-refractivity contribution in [3.63, 3.8) is 0 Å². The highest BCUT2D eigenvalue weighted by Crippen LogP contribution is 2.18. The zero-order valence-corrected chi connectivity index (χ0v) is 9.83. The number of carbonyl (C=O) groups is 1. The summed E-state index contributed by atoms with van der Waals surface area (Å²) in [6.07, 6.45) is 1.61. The zero-order chi connectivity index (χ0) is 13.0. The molecule has 0 atom stereocenters. The van der Waals surface area contributed by atoms with Crippen LogP contribution in [0.25, 0.3) is 11.3 Å². The molecule has 18 heavy (non-hydrogen) atoms. The lowest BCUT2D eigenvalue weighted by Gasteiger charge is -2.04. The van der Waals surface area contributed by atoms with Gasteiger partial charge in [-0.25, -0.2) is 14.8 Å². The minimum atomic E-state index is -1.05. The van der Waals surface area contributed by atoms with Gasteiger partial charge in [-0.15, -0.1) is 0 Å². The van der Waals surface area contributed by atoms with E-state index in [4.69, 9.17) is 9.84 Å². The smallest absolute Gasteiger partial charge is 0.354 e. The van der Waals surface area contributed by atoms with Gasteiger partial charge in [0, 0.05) is 17.8 Å². The van der Waals surface area contributed by atoms with Crippen molar-refractivity contribution in [1.82, 2.24) is 9.97 Å². The summed E-state index contributed by atoms with van der Waals surface area (Å²) in [4.78, 5) is 19.0. The molecule has 0 saturated carbocycles. The normalized spacial score (nSPS) is 10.1. The topological polar surface area (TPSA) is 72.3 Å². The second kappa shape index (κ2) is 5.27. The monoisotopic (exact) mass is 244 g/mol. The van der Waals surface area contributed by atoms with Crippen LogP contribution in [0, 0.1) is 0 Å². The predicted molar refractivity (Wildman–Crippen MR) is 65.6 cm³/mol. The summed E-state index contributed by atoms with van der Waals surface area (Å²) < 4.78 is 5.23. The van der Waals surface area contributed by atoms with Gasteiger partial charge >= 0.3 is 5.97 Å². The molecule has 2 aromatic heterocycles. The van der Waals surface area contributed by atoms with Crippen molar-refractivity contribution in [1.29, 1.82) is 0 Å². The molecule has 0 amide bonds. The second-order valence-electron chi connectivity index (χ2n) is 3.53. The fourth-order valence-corrected chi connectivity index (χ4v) is 1.48. The van der Waals surface area contributed by atoms with Gasteiger partial charge < -0.3 is 9.84 Å². The average Bonchev–Trinajstić information content (AvgIpc) is 2.40. The summed E-state index contributed by atoms with van der Waals surface area (Å²) in [5.41, 5.74) is 1.34. The van der Waals surface area contributed by atoms with E-state index in [0.717, 1.165) is 5.56 Å². The van der Waals surface area contributed by atoms with Crippen LogP contribution in [-0.2, 0) is 0 Å². The molecule has 0 aliphatic rings. The van der Waals surface area contributed by atoms with Crippen molar-refractivity contribution in [2.75, 3.05) is 6.61 Å². The van der Waals surface area contributed by atoms with Crippen molar-refractivity contribution in [2.45, 2.75) is 6.92 Å². The molecule has 0 bridgehead atoms. The molecule has 0 aromatic carbocycles. The molecule has 92 valence electrons. The van der Waals surface area contributed by atoms with E-state index in [9.17, 15) is 4.79 Å². The maximum atomic E-state index is 10.8. The third-order valence-electron chi connectivity index (χ3n) is 2.29. The van der Waals surface area contributed by atoms with Crippen LogP contribution in [0.1, 0.15) is 17.4 Å². The van der Waals surface area contributed by atoms with Gasteiger partial charge in [-0.2, -0.15) is 0 Å². The van der Waals surface area contributed by atoms with Crippen LogP contribution in [-0.4, -0.2) is 27.7 Å². The van der Waals surface area contributed by atoms with Gasteiger partial charge in [-0.1, -0.05) is 6.07 Å². The van der Waals surface area contributed by atoms with Crippen molar-refractivity contribution < 1.29 is 14.6 Å². The first-order valence-corrected chi connectivity index (χ1v) is 5.50. The number of pyridine rings is 2. The maximum absolute atomic E-state index is 10.8. The third-order valence-corrected chi connectivity index (χ3v) is 2.29. The first-order valence-electron chi connectivity index (χ1n) is 5.50. The van der Waals surface area contributed by atoms with Gasteiger partial charge in [0.2, 0.25) is 5.88 Å². The van der Waals surface area contributed by atoms with Crippen molar-refractivity contribution in [3.05, 3.63) is 42.2 Å². The number of nitrogens with zero attached hydrogens (tertiary/aromatic N) is 2. The van der Waals surface area contributed by atoms with Crippen LogP contribution in [0.15, 0.2) is 36.5 Å². The molecule has 0 fully saturated rings. The zero-order valence-electron chi connectivity index (χ0n) is 9.83. The number of ether oxygens (including phenoxy) is 1. The number of hydrogen-bond acceptors (Lipinski definition) is 4. The van der Waals surface area contributed by atoms with E-state index in [1.807, 2.05) is 6.92 Å². The lowest BCUT2D eigenvalue weighted by Crippen LogP contribution is -2.00. The Morgan fingerprint density at radius 2 is 2.17 bits per heavy atom. The summed E-state index contributed by atoms with van der Waals surface area (Å²) in [5, 5.41) is 8.87. The number of aromatic carboxylic acids is 1. The Bertz CT molecular complexity index is 552. The fraction of sp³-hybridized carbons (Fsp3) is 0.154. The van der Waals surface area contributed by atoms with E-state index < -0.39 is 5.97 Å². The summed E-state index contributed by atoms with van der Waals surface area (Å²) >= 11 is 0. The quantitative estimate of drug-likeness (QED) is 0.892. The molecule has 2 rings (SSSR count). The highest BCUT2D eigenvalue weighted by molar-refractivity contribution is 5.86. The molecular weight excluding hydrogens is 232 g/mol. The van der Waals surface area contributed by atoms with E-state index in [1.54, 1.807) is 30.5 Å². The standard InChI is InChI=1S/C13H12N2O3/c1-2-18-12-7-6-9(8-14-12)10-4-3-5-11(15-10)13(16)17/h3-8H,2H2,1H3,(H,16,17). The van der Waals surface area contributed by atoms with E-state index in [-0.39, 0.29) is 5.69 Å². The number of carboxylic acid groups (broad SMARTS) is 1. The highest BCUT2D eigenvalue weighted by atomic mass is 16.5. The Morgan fingerprint density at radius 3 is 2.78 bits per heavy atom. The molecule has 0 saturated heterocycles. The van der Waals surface area contributed by atoms with Gasteiger partial charge in [-0.05, 0) is 25.1 Å². The minimum Gasteiger partial charge on any atom is -0.478 e. The summed E-state index contributed by atoms with van der Waals surface area (Å²) in [7, 11) is 0. The van der Waals surface area contributed by atoms with Crippen LogP contribution in [0.5, 0.6) is 5.88 Å². The largest absolute Gasteiger partial charge is 0.478 e. The van der Waals surface area contributed by atoms with Crippen molar-refractivity contribution in [3.8, 4) is 17.1 Å². The molecule has 5 nitrogen and oxygen atoms in total. The molecule has 0 aliphatic carbocycles. The number of carboxylic acids is 1. The molecule has 2 aromatic rings. The Kier molecular flexibility index (Phi) is 3.52. The van der Waals surface area contributed by atoms with Gasteiger partial charge in [0.05, 0.1) is 12.3 Å². The highest BCUT2D eigenvalue weighted by Gasteiger charge is 2.07. The number of rotatable bonds is 4. The second-order valence-corrected chi connectivity index (χ2v) is 3.53. The van der Waals surface area contributed by atoms with Crippen LogP contribution in [0.4, 0.5) is 0 Å². The van der Waals surface area contributed by atoms with Gasteiger partial charge in [-0.3, -0.25) is 0 Å². The number of hydrogen-bond donors (Lipinski definition) is 1. The maximum Gasteiger partial charge on any atom is 0.354 e. The summed E-state index contributed by atoms with van der Waals surface area (Å²) in [5.74, 6) is -0.508. The fourth-order valence-electron chi connectivity index (χ4n) is 1.48. The lowest BCUT2D eigenvalue weighted by molar-refractivity contribution is 0.0690. The van der Waals surface area contributed by atoms with Crippen molar-refractivity contribution in [2.24, 2.45) is 0 Å². The first-order chi connectivity index (χ1) is 8.70. The molecule has 5 heteroatoms. The first kappa shape index (κ1) is 12.0. The Balaban J connectivity index is 2.30. The van der Waals surface area contributed by atoms with Crippen molar-refractivity contribution >= 4 is 5.97 Å². The molecule has 1 N–H and O–H groups in total. The third kappa shape index (κ3) is 2.63. The average molecular weight is 244 g/mol. The van der Waals surface area contributed by atoms with Crippen LogP contribution < -0.4 is 4.74 Å². The molecule has 0 unspecified atom stereocenters. The van der Waals surface area contributed by atoms with E-state index >= 15 is 0 Å². The molecule has 0 aliphatic heterocycles. The van der Waals surface area contributed by atoms with Gasteiger partial charge in [0.15, 0.2) is 0 Å². The Morgan fingerprint density at radius 1 is 1.33 bits per heavy atom. The minimum absolute atomic E-state index is 0.0152. The molecule has 0 radical (unpaired) electrons. The van der Waals surface area contributed by atoms with Crippen LogP contribution in [0.2, 0.25) is 0 Å². The SMILES string of the molecule is CCOc1ccc(-c2cccc(C(=O)O)n2)cn1. The number of aromatic nitrogens is 2. The van der Waals surface area contributed by atoms with Gasteiger partial charge in [0.25, 0.3) is 0 Å². The van der Waals surface area contributed by atoms with Crippen LogP contribution in [0.3, 0.4) is 0 Å². The van der Waals surface area contributed by atoms with E-state index in [0.29, 0.717) is 18.2 Å².